The Hall–Kier alpha value is -2.32. The number of benzene rings is 1. The van der Waals surface area contributed by atoms with Crippen LogP contribution in [0.25, 0.3) is 0 Å². The van der Waals surface area contributed by atoms with Gasteiger partial charge in [-0.25, -0.2) is 14.4 Å². The van der Waals surface area contributed by atoms with E-state index < -0.39 is 0 Å². The minimum atomic E-state index is -0.249. The minimum Gasteiger partial charge on any atom is -0.367 e. The summed E-state index contributed by atoms with van der Waals surface area (Å²) in [5.74, 6) is 1.07. The van der Waals surface area contributed by atoms with Crippen molar-refractivity contribution in [1.82, 2.24) is 15.0 Å². The summed E-state index contributed by atoms with van der Waals surface area (Å²) in [4.78, 5) is 17.7. The SMILES string of the molecule is C[C@@H]1CN(c2ncnc(N3CCCC(N)C3)n2)C[C@H](c2ccc(F)cc2)O1. The van der Waals surface area contributed by atoms with Gasteiger partial charge in [0.05, 0.1) is 12.6 Å². The zero-order valence-corrected chi connectivity index (χ0v) is 15.5. The molecule has 4 rings (SSSR count). The number of hydrogen-bond donors (Lipinski definition) is 1. The quantitative estimate of drug-likeness (QED) is 0.881. The molecule has 2 saturated heterocycles. The fraction of sp³-hybridized carbons (Fsp3) is 0.526. The molecule has 0 radical (unpaired) electrons. The molecule has 0 spiro atoms. The predicted molar refractivity (Wildman–Crippen MR) is 101 cm³/mol. The van der Waals surface area contributed by atoms with Crippen LogP contribution in [0.4, 0.5) is 16.3 Å². The standard InChI is InChI=1S/C19H25FN6O/c1-13-9-26(11-17(27-13)14-4-6-15(20)7-5-14)19-23-12-22-18(24-19)25-8-2-3-16(21)10-25/h4-7,12-13,16-17H,2-3,8-11,21H2,1H3/t13-,16?,17-/m1/s1. The van der Waals surface area contributed by atoms with Gasteiger partial charge in [-0.2, -0.15) is 4.98 Å². The van der Waals surface area contributed by atoms with E-state index in [1.807, 2.05) is 6.92 Å². The summed E-state index contributed by atoms with van der Waals surface area (Å²) in [5, 5.41) is 0. The zero-order chi connectivity index (χ0) is 18.8. The monoisotopic (exact) mass is 372 g/mol. The Morgan fingerprint density at radius 1 is 1.07 bits per heavy atom. The number of morpholine rings is 1. The molecule has 2 N–H and O–H groups in total. The van der Waals surface area contributed by atoms with E-state index in [0.29, 0.717) is 25.0 Å². The van der Waals surface area contributed by atoms with Gasteiger partial charge < -0.3 is 20.3 Å². The number of aromatic nitrogens is 3. The van der Waals surface area contributed by atoms with Crippen molar-refractivity contribution in [2.24, 2.45) is 5.73 Å². The van der Waals surface area contributed by atoms with Crippen molar-refractivity contribution in [2.75, 3.05) is 36.0 Å². The van der Waals surface area contributed by atoms with Gasteiger partial charge in [0.15, 0.2) is 0 Å². The molecule has 2 aliphatic heterocycles. The van der Waals surface area contributed by atoms with Crippen LogP contribution in [0.1, 0.15) is 31.4 Å². The van der Waals surface area contributed by atoms with E-state index in [1.165, 1.54) is 12.1 Å². The number of halogens is 1. The van der Waals surface area contributed by atoms with Crippen molar-refractivity contribution < 1.29 is 9.13 Å². The molecule has 1 unspecified atom stereocenters. The van der Waals surface area contributed by atoms with Crippen molar-refractivity contribution in [1.29, 1.82) is 0 Å². The first-order valence-corrected chi connectivity index (χ1v) is 9.44. The molecular formula is C19H25FN6O. The topological polar surface area (TPSA) is 80.4 Å². The molecule has 3 heterocycles. The summed E-state index contributed by atoms with van der Waals surface area (Å²) in [5.41, 5.74) is 7.04. The van der Waals surface area contributed by atoms with Gasteiger partial charge in [0.25, 0.3) is 0 Å². The lowest BCUT2D eigenvalue weighted by Crippen LogP contribution is -2.45. The van der Waals surface area contributed by atoms with Gasteiger partial charge >= 0.3 is 0 Å². The number of hydrogen-bond acceptors (Lipinski definition) is 7. The molecule has 0 aliphatic carbocycles. The van der Waals surface area contributed by atoms with Gasteiger partial charge in [-0.05, 0) is 37.5 Å². The number of piperidine rings is 1. The van der Waals surface area contributed by atoms with Crippen molar-refractivity contribution in [3.8, 4) is 0 Å². The maximum atomic E-state index is 13.2. The molecule has 8 heteroatoms. The van der Waals surface area contributed by atoms with E-state index in [1.54, 1.807) is 18.5 Å². The van der Waals surface area contributed by atoms with Crippen molar-refractivity contribution >= 4 is 11.9 Å². The molecule has 0 bridgehead atoms. The van der Waals surface area contributed by atoms with Gasteiger partial charge in [-0.3, -0.25) is 0 Å². The Labute approximate surface area is 158 Å². The highest BCUT2D eigenvalue weighted by Gasteiger charge is 2.29. The molecule has 2 aromatic rings. The molecule has 7 nitrogen and oxygen atoms in total. The van der Waals surface area contributed by atoms with Crippen LogP contribution < -0.4 is 15.5 Å². The maximum Gasteiger partial charge on any atom is 0.230 e. The largest absolute Gasteiger partial charge is 0.367 e. The lowest BCUT2D eigenvalue weighted by Gasteiger charge is -2.37. The molecule has 144 valence electrons. The van der Waals surface area contributed by atoms with Crippen molar-refractivity contribution in [2.45, 2.75) is 38.0 Å². The molecule has 1 aromatic heterocycles. The van der Waals surface area contributed by atoms with E-state index in [4.69, 9.17) is 10.5 Å². The third-order valence-corrected chi connectivity index (χ3v) is 5.07. The Kier molecular flexibility index (Phi) is 5.18. The zero-order valence-electron chi connectivity index (χ0n) is 15.5. The summed E-state index contributed by atoms with van der Waals surface area (Å²) in [7, 11) is 0. The smallest absolute Gasteiger partial charge is 0.230 e. The summed E-state index contributed by atoms with van der Waals surface area (Å²) in [6, 6.07) is 6.62. The maximum absolute atomic E-state index is 13.2. The number of anilines is 2. The molecule has 2 fully saturated rings. The lowest BCUT2D eigenvalue weighted by molar-refractivity contribution is -0.0179. The summed E-state index contributed by atoms with van der Waals surface area (Å²) in [6.07, 6.45) is 3.50. The Balaban J connectivity index is 1.53. The molecule has 0 saturated carbocycles. The van der Waals surface area contributed by atoms with E-state index in [2.05, 4.69) is 24.8 Å². The van der Waals surface area contributed by atoms with E-state index in [-0.39, 0.29) is 24.1 Å². The van der Waals surface area contributed by atoms with Crippen LogP contribution in [0, 0.1) is 5.82 Å². The highest BCUT2D eigenvalue weighted by molar-refractivity contribution is 5.39. The van der Waals surface area contributed by atoms with Crippen molar-refractivity contribution in [3.63, 3.8) is 0 Å². The Bertz CT molecular complexity index is 773. The Morgan fingerprint density at radius 3 is 2.56 bits per heavy atom. The average molecular weight is 372 g/mol. The van der Waals surface area contributed by atoms with Crippen LogP contribution in [0.15, 0.2) is 30.6 Å². The van der Waals surface area contributed by atoms with Crippen LogP contribution in [0.5, 0.6) is 0 Å². The lowest BCUT2D eigenvalue weighted by atomic mass is 10.1. The van der Waals surface area contributed by atoms with E-state index in [0.717, 1.165) is 31.5 Å². The second kappa shape index (κ2) is 7.74. The van der Waals surface area contributed by atoms with E-state index in [9.17, 15) is 4.39 Å². The molecule has 1 aromatic carbocycles. The molecule has 3 atom stereocenters. The molecule has 27 heavy (non-hydrogen) atoms. The fourth-order valence-electron chi connectivity index (χ4n) is 3.75. The van der Waals surface area contributed by atoms with Crippen molar-refractivity contribution in [3.05, 3.63) is 42.0 Å². The third-order valence-electron chi connectivity index (χ3n) is 5.07. The van der Waals surface area contributed by atoms with Gasteiger partial charge in [-0.1, -0.05) is 12.1 Å². The minimum absolute atomic E-state index is 0.0115. The Morgan fingerprint density at radius 2 is 1.81 bits per heavy atom. The van der Waals surface area contributed by atoms with Crippen LogP contribution >= 0.6 is 0 Å². The highest BCUT2D eigenvalue weighted by Crippen LogP contribution is 2.28. The normalized spacial score (nSPS) is 26.3. The van der Waals surface area contributed by atoms with E-state index >= 15 is 0 Å². The summed E-state index contributed by atoms with van der Waals surface area (Å²) in [6.45, 7) is 5.00. The second-order valence-electron chi connectivity index (χ2n) is 7.33. The first-order valence-electron chi connectivity index (χ1n) is 9.44. The second-order valence-corrected chi connectivity index (χ2v) is 7.33. The number of nitrogens with zero attached hydrogens (tertiary/aromatic N) is 5. The number of ether oxygens (including phenoxy) is 1. The molecular weight excluding hydrogens is 347 g/mol. The highest BCUT2D eigenvalue weighted by atomic mass is 19.1. The van der Waals surface area contributed by atoms with Gasteiger partial charge in [-0.15, -0.1) is 0 Å². The fourth-order valence-corrected chi connectivity index (χ4v) is 3.75. The predicted octanol–water partition coefficient (Wildman–Crippen LogP) is 1.90. The summed E-state index contributed by atoms with van der Waals surface area (Å²) >= 11 is 0. The van der Waals surface area contributed by atoms with Crippen LogP contribution in [0.3, 0.4) is 0 Å². The summed E-state index contributed by atoms with van der Waals surface area (Å²) < 4.78 is 19.3. The van der Waals surface area contributed by atoms with Crippen LogP contribution in [0.2, 0.25) is 0 Å². The first-order chi connectivity index (χ1) is 13.1. The number of nitrogens with two attached hydrogens (primary N) is 1. The van der Waals surface area contributed by atoms with Gasteiger partial charge in [0, 0.05) is 25.7 Å². The third kappa shape index (κ3) is 4.17. The van der Waals surface area contributed by atoms with Crippen LogP contribution in [-0.4, -0.2) is 53.3 Å². The first kappa shape index (κ1) is 18.1. The molecule has 0 amide bonds. The molecule has 2 aliphatic rings. The number of rotatable bonds is 3. The van der Waals surface area contributed by atoms with Gasteiger partial charge in [0.2, 0.25) is 11.9 Å². The van der Waals surface area contributed by atoms with Gasteiger partial charge in [0.1, 0.15) is 18.2 Å². The van der Waals surface area contributed by atoms with Crippen LogP contribution in [-0.2, 0) is 4.74 Å². The average Bonchev–Trinajstić information content (AvgIpc) is 2.68.